The molecule has 0 fully saturated rings. The first-order valence-corrected chi connectivity index (χ1v) is 5.80. The van der Waals surface area contributed by atoms with Crippen LogP contribution in [0.2, 0.25) is 0 Å². The third-order valence-electron chi connectivity index (χ3n) is 2.33. The second-order valence-electron chi connectivity index (χ2n) is 3.70. The van der Waals surface area contributed by atoms with Crippen molar-refractivity contribution in [3.8, 4) is 12.3 Å². The highest BCUT2D eigenvalue weighted by Gasteiger charge is 2.18. The molecule has 0 aliphatic heterocycles. The normalized spacial score (nSPS) is 11.3. The van der Waals surface area contributed by atoms with E-state index in [1.807, 2.05) is 6.07 Å². The van der Waals surface area contributed by atoms with Crippen molar-refractivity contribution in [3.63, 3.8) is 0 Å². The maximum Gasteiger partial charge on any atom is 0.240 e. The van der Waals surface area contributed by atoms with E-state index >= 15 is 0 Å². The van der Waals surface area contributed by atoms with Gasteiger partial charge in [-0.25, -0.2) is 0 Å². The van der Waals surface area contributed by atoms with Crippen molar-refractivity contribution < 1.29 is 9.59 Å². The van der Waals surface area contributed by atoms with Gasteiger partial charge in [0.15, 0.2) is 0 Å². The second-order valence-corrected chi connectivity index (χ2v) is 3.97. The van der Waals surface area contributed by atoms with Gasteiger partial charge < -0.3 is 11.1 Å². The molecular weight excluding hydrogens is 252 g/mol. The van der Waals surface area contributed by atoms with Crippen LogP contribution in [0.3, 0.4) is 0 Å². The van der Waals surface area contributed by atoms with E-state index in [4.69, 9.17) is 23.8 Å². The van der Waals surface area contributed by atoms with Crippen molar-refractivity contribution in [2.75, 3.05) is 5.88 Å². The van der Waals surface area contributed by atoms with E-state index in [-0.39, 0.29) is 12.3 Å². The fourth-order valence-corrected chi connectivity index (χ4v) is 1.56. The number of hydrogen-bond donors (Lipinski definition) is 2. The van der Waals surface area contributed by atoms with Crippen LogP contribution in [0.5, 0.6) is 0 Å². The Kier molecular flexibility index (Phi) is 5.22. The molecule has 94 valence electrons. The zero-order valence-electron chi connectivity index (χ0n) is 9.65. The molecular formula is C13H13ClN2O2. The zero-order chi connectivity index (χ0) is 13.5. The molecule has 1 aromatic carbocycles. The summed E-state index contributed by atoms with van der Waals surface area (Å²) in [6, 6.07) is 6.35. The number of amides is 2. The van der Waals surface area contributed by atoms with Gasteiger partial charge in [-0.15, -0.1) is 18.0 Å². The summed E-state index contributed by atoms with van der Waals surface area (Å²) in [5, 5.41) is 2.46. The fraction of sp³-hybridized carbons (Fsp3) is 0.231. The third kappa shape index (κ3) is 4.11. The zero-order valence-corrected chi connectivity index (χ0v) is 10.4. The van der Waals surface area contributed by atoms with Crippen LogP contribution in [0, 0.1) is 12.3 Å². The molecule has 0 aliphatic rings. The lowest BCUT2D eigenvalue weighted by Crippen LogP contribution is -2.46. The van der Waals surface area contributed by atoms with Gasteiger partial charge in [-0.2, -0.15) is 0 Å². The lowest BCUT2D eigenvalue weighted by atomic mass is 10.0. The van der Waals surface area contributed by atoms with Crippen molar-refractivity contribution >= 4 is 23.4 Å². The minimum absolute atomic E-state index is 0.214. The molecule has 0 bridgehead atoms. The van der Waals surface area contributed by atoms with Gasteiger partial charge in [-0.1, -0.05) is 18.1 Å². The molecule has 0 radical (unpaired) electrons. The number of halogens is 1. The molecule has 4 nitrogen and oxygen atoms in total. The van der Waals surface area contributed by atoms with E-state index in [0.717, 1.165) is 5.56 Å². The standard InChI is InChI=1S/C13H13ClN2O2/c1-2-9-4-3-5-10(6-9)7-11(13(15)18)16-12(17)8-14/h1,3-6,11H,7-8H2,(H2,15,18)(H,16,17). The maximum absolute atomic E-state index is 11.2. The SMILES string of the molecule is C#Cc1cccc(CC(NC(=O)CCl)C(N)=O)c1. The highest BCUT2D eigenvalue weighted by atomic mass is 35.5. The number of rotatable bonds is 5. The number of carbonyl (C=O) groups is 2. The molecule has 1 unspecified atom stereocenters. The molecule has 0 heterocycles. The third-order valence-corrected chi connectivity index (χ3v) is 2.58. The van der Waals surface area contributed by atoms with Crippen LogP contribution in [0.25, 0.3) is 0 Å². The number of alkyl halides is 1. The highest BCUT2D eigenvalue weighted by molar-refractivity contribution is 6.27. The number of benzene rings is 1. The average molecular weight is 265 g/mol. The van der Waals surface area contributed by atoms with Gasteiger partial charge in [-0.3, -0.25) is 9.59 Å². The van der Waals surface area contributed by atoms with Gasteiger partial charge in [0.2, 0.25) is 11.8 Å². The number of terminal acetylenes is 1. The summed E-state index contributed by atoms with van der Waals surface area (Å²) < 4.78 is 0. The number of hydrogen-bond acceptors (Lipinski definition) is 2. The fourth-order valence-electron chi connectivity index (χ4n) is 1.48. The molecule has 18 heavy (non-hydrogen) atoms. The Bertz CT molecular complexity index is 494. The Labute approximate surface area is 111 Å². The minimum atomic E-state index is -0.788. The Morgan fingerprint density at radius 1 is 1.50 bits per heavy atom. The molecule has 0 aromatic heterocycles. The summed E-state index contributed by atoms with van der Waals surface area (Å²) in [6.07, 6.45) is 5.57. The van der Waals surface area contributed by atoms with Crippen LogP contribution < -0.4 is 11.1 Å². The van der Waals surface area contributed by atoms with Crippen molar-refractivity contribution in [1.82, 2.24) is 5.32 Å². The topological polar surface area (TPSA) is 72.2 Å². The number of primary amides is 1. The van der Waals surface area contributed by atoms with Gasteiger partial charge >= 0.3 is 0 Å². The van der Waals surface area contributed by atoms with Gasteiger partial charge in [0.05, 0.1) is 0 Å². The maximum atomic E-state index is 11.2. The first kappa shape index (κ1) is 14.1. The minimum Gasteiger partial charge on any atom is -0.368 e. The second kappa shape index (κ2) is 6.67. The molecule has 1 atom stereocenters. The highest BCUT2D eigenvalue weighted by Crippen LogP contribution is 2.07. The first-order chi connectivity index (χ1) is 8.56. The largest absolute Gasteiger partial charge is 0.368 e. The first-order valence-electron chi connectivity index (χ1n) is 5.27. The van der Waals surface area contributed by atoms with Gasteiger partial charge in [0.1, 0.15) is 11.9 Å². The summed E-state index contributed by atoms with van der Waals surface area (Å²) in [5.74, 6) is 1.24. The quantitative estimate of drug-likeness (QED) is 0.598. The molecule has 0 spiro atoms. The lowest BCUT2D eigenvalue weighted by Gasteiger charge is -2.14. The van der Waals surface area contributed by atoms with Crippen molar-refractivity contribution in [2.45, 2.75) is 12.5 Å². The Morgan fingerprint density at radius 2 is 2.22 bits per heavy atom. The van der Waals surface area contributed by atoms with E-state index < -0.39 is 17.9 Å². The van der Waals surface area contributed by atoms with E-state index in [1.54, 1.807) is 18.2 Å². The van der Waals surface area contributed by atoms with E-state index in [2.05, 4.69) is 11.2 Å². The summed E-state index contributed by atoms with van der Waals surface area (Å²) in [5.41, 5.74) is 6.75. The molecule has 0 saturated heterocycles. The van der Waals surface area contributed by atoms with Gasteiger partial charge in [0, 0.05) is 12.0 Å². The molecule has 1 rings (SSSR count). The molecule has 0 aliphatic carbocycles. The van der Waals surface area contributed by atoms with E-state index in [9.17, 15) is 9.59 Å². The molecule has 0 saturated carbocycles. The Hall–Kier alpha value is -1.99. The molecule has 2 amide bonds. The number of nitrogens with two attached hydrogens (primary N) is 1. The summed E-state index contributed by atoms with van der Waals surface area (Å²) in [6.45, 7) is 0. The van der Waals surface area contributed by atoms with Crippen LogP contribution in [-0.2, 0) is 16.0 Å². The molecule has 1 aromatic rings. The summed E-state index contributed by atoms with van der Waals surface area (Å²) >= 11 is 5.36. The molecule has 5 heteroatoms. The smallest absolute Gasteiger partial charge is 0.240 e. The van der Waals surface area contributed by atoms with Crippen molar-refractivity contribution in [3.05, 3.63) is 35.4 Å². The monoisotopic (exact) mass is 264 g/mol. The van der Waals surface area contributed by atoms with Crippen molar-refractivity contribution in [2.24, 2.45) is 5.73 Å². The number of carbonyl (C=O) groups excluding carboxylic acids is 2. The predicted molar refractivity (Wildman–Crippen MR) is 69.9 cm³/mol. The van der Waals surface area contributed by atoms with Crippen molar-refractivity contribution in [1.29, 1.82) is 0 Å². The Balaban J connectivity index is 2.80. The summed E-state index contributed by atoms with van der Waals surface area (Å²) in [7, 11) is 0. The van der Waals surface area contributed by atoms with E-state index in [0.29, 0.717) is 5.56 Å². The lowest BCUT2D eigenvalue weighted by molar-refractivity contribution is -0.126. The van der Waals surface area contributed by atoms with E-state index in [1.165, 1.54) is 0 Å². The molecule has 3 N–H and O–H groups in total. The average Bonchev–Trinajstić information content (AvgIpc) is 2.37. The van der Waals surface area contributed by atoms with Crippen LogP contribution in [0.15, 0.2) is 24.3 Å². The van der Waals surface area contributed by atoms with Crippen LogP contribution in [0.4, 0.5) is 0 Å². The number of nitrogens with one attached hydrogen (secondary N) is 1. The Morgan fingerprint density at radius 3 is 2.78 bits per heavy atom. The predicted octanol–water partition coefficient (Wildman–Crippen LogP) is 0.419. The van der Waals surface area contributed by atoms with Crippen LogP contribution >= 0.6 is 11.6 Å². The van der Waals surface area contributed by atoms with Crippen LogP contribution in [-0.4, -0.2) is 23.7 Å². The van der Waals surface area contributed by atoms with Gasteiger partial charge in [-0.05, 0) is 17.7 Å². The van der Waals surface area contributed by atoms with Crippen LogP contribution in [0.1, 0.15) is 11.1 Å². The van der Waals surface area contributed by atoms with Gasteiger partial charge in [0.25, 0.3) is 0 Å². The summed E-state index contributed by atoms with van der Waals surface area (Å²) in [4.78, 5) is 22.4.